The van der Waals surface area contributed by atoms with E-state index in [2.05, 4.69) is 5.32 Å². The number of hydrogen-bond acceptors (Lipinski definition) is 2. The summed E-state index contributed by atoms with van der Waals surface area (Å²) < 4.78 is 26.5. The van der Waals surface area contributed by atoms with Crippen molar-refractivity contribution in [1.29, 1.82) is 5.26 Å². The van der Waals surface area contributed by atoms with E-state index in [4.69, 9.17) is 5.26 Å². The third-order valence-electron chi connectivity index (χ3n) is 2.10. The van der Waals surface area contributed by atoms with E-state index in [1.807, 2.05) is 0 Å². The molecule has 0 aromatic heterocycles. The Hall–Kier alpha value is -1.63. The maximum Gasteiger partial charge on any atom is 0.150 e. The van der Waals surface area contributed by atoms with Gasteiger partial charge in [0.15, 0.2) is 11.6 Å². The van der Waals surface area contributed by atoms with Crippen molar-refractivity contribution in [2.75, 3.05) is 5.32 Å². The molecule has 0 saturated heterocycles. The van der Waals surface area contributed by atoms with E-state index >= 15 is 0 Å². The van der Waals surface area contributed by atoms with E-state index in [0.717, 1.165) is 25.0 Å². The van der Waals surface area contributed by atoms with Crippen LogP contribution in [0.15, 0.2) is 12.1 Å². The molecule has 0 amide bonds. The van der Waals surface area contributed by atoms with Gasteiger partial charge < -0.3 is 5.32 Å². The average molecular weight is 194 g/mol. The summed E-state index contributed by atoms with van der Waals surface area (Å²) >= 11 is 0. The normalized spacial score (nSPS) is 14.9. The zero-order valence-corrected chi connectivity index (χ0v) is 7.35. The molecular weight excluding hydrogens is 186 g/mol. The van der Waals surface area contributed by atoms with E-state index in [1.165, 1.54) is 0 Å². The summed E-state index contributed by atoms with van der Waals surface area (Å²) in [4.78, 5) is 0. The minimum Gasteiger partial charge on any atom is -0.378 e. The lowest BCUT2D eigenvalue weighted by Gasteiger charge is -2.07. The van der Waals surface area contributed by atoms with Gasteiger partial charge in [0, 0.05) is 6.04 Å². The largest absolute Gasteiger partial charge is 0.378 e. The SMILES string of the molecule is N#Cc1cc(F)c(NC2CC2)c(F)c1. The highest BCUT2D eigenvalue weighted by Gasteiger charge is 2.24. The van der Waals surface area contributed by atoms with Crippen LogP contribution in [-0.4, -0.2) is 6.04 Å². The Kier molecular flexibility index (Phi) is 2.08. The lowest BCUT2D eigenvalue weighted by Crippen LogP contribution is -2.05. The topological polar surface area (TPSA) is 35.8 Å². The molecule has 0 atom stereocenters. The van der Waals surface area contributed by atoms with Crippen LogP contribution in [-0.2, 0) is 0 Å². The van der Waals surface area contributed by atoms with Crippen molar-refractivity contribution in [2.24, 2.45) is 0 Å². The van der Waals surface area contributed by atoms with E-state index < -0.39 is 11.6 Å². The van der Waals surface area contributed by atoms with E-state index in [-0.39, 0.29) is 17.3 Å². The number of rotatable bonds is 2. The van der Waals surface area contributed by atoms with Gasteiger partial charge in [-0.05, 0) is 25.0 Å². The van der Waals surface area contributed by atoms with Crippen molar-refractivity contribution in [2.45, 2.75) is 18.9 Å². The predicted octanol–water partition coefficient (Wildman–Crippen LogP) is 2.41. The Bertz CT molecular complexity index is 382. The van der Waals surface area contributed by atoms with Crippen LogP contribution >= 0.6 is 0 Å². The van der Waals surface area contributed by atoms with Crippen LogP contribution in [0, 0.1) is 23.0 Å². The van der Waals surface area contributed by atoms with Gasteiger partial charge in [-0.2, -0.15) is 5.26 Å². The number of benzene rings is 1. The van der Waals surface area contributed by atoms with Gasteiger partial charge in [-0.1, -0.05) is 0 Å². The van der Waals surface area contributed by atoms with Gasteiger partial charge in [0.2, 0.25) is 0 Å². The fraction of sp³-hybridized carbons (Fsp3) is 0.300. The highest BCUT2D eigenvalue weighted by Crippen LogP contribution is 2.28. The second kappa shape index (κ2) is 3.26. The van der Waals surface area contributed by atoms with Crippen LogP contribution in [0.4, 0.5) is 14.5 Å². The Balaban J connectivity index is 2.34. The van der Waals surface area contributed by atoms with Crippen molar-refractivity contribution in [3.63, 3.8) is 0 Å². The summed E-state index contributed by atoms with van der Waals surface area (Å²) in [6.07, 6.45) is 1.89. The fourth-order valence-electron chi connectivity index (χ4n) is 1.21. The summed E-state index contributed by atoms with van der Waals surface area (Å²) in [6.45, 7) is 0. The smallest absolute Gasteiger partial charge is 0.150 e. The minimum absolute atomic E-state index is 0.00125. The third kappa shape index (κ3) is 1.67. The first kappa shape index (κ1) is 8.95. The zero-order chi connectivity index (χ0) is 10.1. The molecule has 0 heterocycles. The lowest BCUT2D eigenvalue weighted by molar-refractivity contribution is 0.587. The van der Waals surface area contributed by atoms with E-state index in [1.54, 1.807) is 6.07 Å². The molecule has 1 aliphatic carbocycles. The maximum absolute atomic E-state index is 13.2. The molecule has 1 aromatic carbocycles. The van der Waals surface area contributed by atoms with Crippen LogP contribution in [0.2, 0.25) is 0 Å². The first-order valence-corrected chi connectivity index (χ1v) is 4.36. The van der Waals surface area contributed by atoms with Gasteiger partial charge in [-0.25, -0.2) is 8.78 Å². The predicted molar refractivity (Wildman–Crippen MR) is 47.7 cm³/mol. The second-order valence-electron chi connectivity index (χ2n) is 3.35. The molecule has 4 heteroatoms. The highest BCUT2D eigenvalue weighted by atomic mass is 19.1. The molecule has 2 nitrogen and oxygen atoms in total. The zero-order valence-electron chi connectivity index (χ0n) is 7.35. The molecule has 1 aliphatic rings. The molecule has 1 saturated carbocycles. The summed E-state index contributed by atoms with van der Waals surface area (Å²) in [5, 5.41) is 11.2. The number of nitrogens with one attached hydrogen (secondary N) is 1. The quantitative estimate of drug-likeness (QED) is 0.784. The van der Waals surface area contributed by atoms with Crippen LogP contribution in [0.3, 0.4) is 0 Å². The maximum atomic E-state index is 13.2. The Morgan fingerprint density at radius 1 is 1.29 bits per heavy atom. The van der Waals surface area contributed by atoms with Crippen molar-refractivity contribution in [3.05, 3.63) is 29.3 Å². The van der Waals surface area contributed by atoms with Crippen molar-refractivity contribution < 1.29 is 8.78 Å². The average Bonchev–Trinajstić information content (AvgIpc) is 2.94. The van der Waals surface area contributed by atoms with Gasteiger partial charge in [0.05, 0.1) is 11.6 Å². The Morgan fingerprint density at radius 2 is 1.86 bits per heavy atom. The standard InChI is InChI=1S/C10H8F2N2/c11-8-3-6(5-13)4-9(12)10(8)14-7-1-2-7/h3-4,7,14H,1-2H2. The first-order valence-electron chi connectivity index (χ1n) is 4.36. The number of halogens is 2. The summed E-state index contributed by atoms with van der Waals surface area (Å²) in [5.74, 6) is -1.40. The highest BCUT2D eigenvalue weighted by molar-refractivity contribution is 5.51. The van der Waals surface area contributed by atoms with Gasteiger partial charge in [-0.15, -0.1) is 0 Å². The second-order valence-corrected chi connectivity index (χ2v) is 3.35. The van der Waals surface area contributed by atoms with Gasteiger partial charge in [0.1, 0.15) is 5.69 Å². The molecule has 0 bridgehead atoms. The number of nitriles is 1. The lowest BCUT2D eigenvalue weighted by atomic mass is 10.2. The van der Waals surface area contributed by atoms with Crippen LogP contribution < -0.4 is 5.32 Å². The summed E-state index contributed by atoms with van der Waals surface area (Å²) in [7, 11) is 0. The van der Waals surface area contributed by atoms with Crippen molar-refractivity contribution in [3.8, 4) is 6.07 Å². The monoisotopic (exact) mass is 194 g/mol. The summed E-state index contributed by atoms with van der Waals surface area (Å²) in [5.41, 5.74) is -0.118. The summed E-state index contributed by atoms with van der Waals surface area (Å²) in [6, 6.07) is 3.95. The van der Waals surface area contributed by atoms with Crippen LogP contribution in [0.5, 0.6) is 0 Å². The van der Waals surface area contributed by atoms with Crippen LogP contribution in [0.25, 0.3) is 0 Å². The molecule has 0 aliphatic heterocycles. The number of hydrogen-bond donors (Lipinski definition) is 1. The first-order chi connectivity index (χ1) is 6.70. The molecule has 1 N–H and O–H groups in total. The van der Waals surface area contributed by atoms with Gasteiger partial charge >= 0.3 is 0 Å². The number of anilines is 1. The Labute approximate surface area is 80.2 Å². The third-order valence-corrected chi connectivity index (χ3v) is 2.10. The molecule has 1 aromatic rings. The Morgan fingerprint density at radius 3 is 2.29 bits per heavy atom. The van der Waals surface area contributed by atoms with Crippen molar-refractivity contribution >= 4 is 5.69 Å². The molecule has 2 rings (SSSR count). The molecule has 0 radical (unpaired) electrons. The van der Waals surface area contributed by atoms with Gasteiger partial charge in [0.25, 0.3) is 0 Å². The molecule has 14 heavy (non-hydrogen) atoms. The van der Waals surface area contributed by atoms with Gasteiger partial charge in [-0.3, -0.25) is 0 Å². The molecular formula is C10H8F2N2. The minimum atomic E-state index is -0.701. The van der Waals surface area contributed by atoms with E-state index in [0.29, 0.717) is 0 Å². The van der Waals surface area contributed by atoms with E-state index in [9.17, 15) is 8.78 Å². The number of nitrogens with zero attached hydrogens (tertiary/aromatic N) is 1. The molecule has 72 valence electrons. The van der Waals surface area contributed by atoms with Crippen molar-refractivity contribution in [1.82, 2.24) is 0 Å². The molecule has 0 spiro atoms. The van der Waals surface area contributed by atoms with Crippen LogP contribution in [0.1, 0.15) is 18.4 Å². The molecule has 0 unspecified atom stereocenters. The fourth-order valence-corrected chi connectivity index (χ4v) is 1.21. The molecule has 1 fully saturated rings.